The highest BCUT2D eigenvalue weighted by molar-refractivity contribution is 14.1. The zero-order valence-corrected chi connectivity index (χ0v) is 22.4. The molecule has 0 atom stereocenters. The summed E-state index contributed by atoms with van der Waals surface area (Å²) < 4.78 is 12.4. The fraction of sp³-hybridized carbons (Fsp3) is 0.148. The number of carbonyl (C=O) groups excluding carboxylic acids is 3. The third kappa shape index (κ3) is 6.88. The smallest absolute Gasteiger partial charge is 0.294 e. The SMILES string of the molecule is CCOc1ccc(NC(=O)CN2C(=O)S/C(=C/c3ccc(OCc4ccc(I)cc4)cc3)C2=O)cc1. The van der Waals surface area contributed by atoms with Crippen molar-refractivity contribution in [3.63, 3.8) is 0 Å². The van der Waals surface area contributed by atoms with Crippen molar-refractivity contribution in [1.82, 2.24) is 4.90 Å². The van der Waals surface area contributed by atoms with Crippen LogP contribution in [0.5, 0.6) is 11.5 Å². The molecule has 0 saturated carbocycles. The van der Waals surface area contributed by atoms with Gasteiger partial charge in [0, 0.05) is 9.26 Å². The first-order valence-corrected chi connectivity index (χ1v) is 13.1. The average molecular weight is 614 g/mol. The van der Waals surface area contributed by atoms with Gasteiger partial charge >= 0.3 is 0 Å². The summed E-state index contributed by atoms with van der Waals surface area (Å²) in [6.45, 7) is 2.52. The lowest BCUT2D eigenvalue weighted by molar-refractivity contribution is -0.127. The number of ether oxygens (including phenoxy) is 2. The molecule has 3 aromatic rings. The number of hydrogen-bond acceptors (Lipinski definition) is 6. The van der Waals surface area contributed by atoms with Gasteiger partial charge in [0.25, 0.3) is 11.1 Å². The molecule has 1 aliphatic rings. The predicted octanol–water partition coefficient (Wildman–Crippen LogP) is 5.94. The Morgan fingerprint density at radius 1 is 0.944 bits per heavy atom. The van der Waals surface area contributed by atoms with Crippen molar-refractivity contribution in [3.8, 4) is 11.5 Å². The van der Waals surface area contributed by atoms with E-state index in [2.05, 4.69) is 27.9 Å². The molecular weight excluding hydrogens is 591 g/mol. The number of hydrogen-bond donors (Lipinski definition) is 1. The molecule has 4 rings (SSSR count). The summed E-state index contributed by atoms with van der Waals surface area (Å²) >= 11 is 3.07. The average Bonchev–Trinajstić information content (AvgIpc) is 3.13. The Morgan fingerprint density at radius 3 is 2.25 bits per heavy atom. The number of benzene rings is 3. The van der Waals surface area contributed by atoms with Gasteiger partial charge in [-0.15, -0.1) is 0 Å². The van der Waals surface area contributed by atoms with Crippen LogP contribution in [0, 0.1) is 3.57 Å². The van der Waals surface area contributed by atoms with Crippen LogP contribution in [0.4, 0.5) is 10.5 Å². The third-order valence-corrected chi connectivity index (χ3v) is 6.75. The second-order valence-electron chi connectivity index (χ2n) is 7.76. The first-order valence-electron chi connectivity index (χ1n) is 11.2. The molecule has 184 valence electrons. The maximum absolute atomic E-state index is 12.8. The molecule has 36 heavy (non-hydrogen) atoms. The van der Waals surface area contributed by atoms with Crippen LogP contribution in [0.2, 0.25) is 0 Å². The number of thioether (sulfide) groups is 1. The molecule has 1 saturated heterocycles. The second-order valence-corrected chi connectivity index (χ2v) is 10.00. The summed E-state index contributed by atoms with van der Waals surface area (Å²) in [7, 11) is 0. The van der Waals surface area contributed by atoms with Gasteiger partial charge in [0.2, 0.25) is 5.91 Å². The van der Waals surface area contributed by atoms with Gasteiger partial charge in [0.15, 0.2) is 0 Å². The number of nitrogens with one attached hydrogen (secondary N) is 1. The van der Waals surface area contributed by atoms with Gasteiger partial charge in [-0.3, -0.25) is 19.3 Å². The summed E-state index contributed by atoms with van der Waals surface area (Å²) in [6.07, 6.45) is 1.64. The van der Waals surface area contributed by atoms with Crippen molar-refractivity contribution in [3.05, 3.63) is 92.4 Å². The Morgan fingerprint density at radius 2 is 1.58 bits per heavy atom. The van der Waals surface area contributed by atoms with E-state index in [1.165, 1.54) is 3.57 Å². The van der Waals surface area contributed by atoms with E-state index < -0.39 is 17.1 Å². The highest BCUT2D eigenvalue weighted by atomic mass is 127. The largest absolute Gasteiger partial charge is 0.494 e. The van der Waals surface area contributed by atoms with E-state index in [1.807, 2.05) is 55.5 Å². The minimum absolute atomic E-state index is 0.265. The lowest BCUT2D eigenvalue weighted by atomic mass is 10.2. The van der Waals surface area contributed by atoms with Gasteiger partial charge in [0.05, 0.1) is 11.5 Å². The number of halogens is 1. The molecule has 3 aromatic carbocycles. The molecular formula is C27H23IN2O5S. The molecule has 0 aliphatic carbocycles. The van der Waals surface area contributed by atoms with Crippen LogP contribution in [0.15, 0.2) is 77.7 Å². The van der Waals surface area contributed by atoms with Crippen molar-refractivity contribution in [1.29, 1.82) is 0 Å². The van der Waals surface area contributed by atoms with E-state index in [0.29, 0.717) is 30.4 Å². The van der Waals surface area contributed by atoms with Crippen LogP contribution >= 0.6 is 34.4 Å². The Kier molecular flexibility index (Phi) is 8.65. The van der Waals surface area contributed by atoms with Gasteiger partial charge in [-0.1, -0.05) is 24.3 Å². The van der Waals surface area contributed by atoms with Crippen LogP contribution in [-0.2, 0) is 16.2 Å². The van der Waals surface area contributed by atoms with Crippen molar-refractivity contribution >= 4 is 63.2 Å². The lowest BCUT2D eigenvalue weighted by Crippen LogP contribution is -2.36. The van der Waals surface area contributed by atoms with Crippen molar-refractivity contribution in [2.75, 3.05) is 18.5 Å². The predicted molar refractivity (Wildman–Crippen MR) is 149 cm³/mol. The Bertz CT molecular complexity index is 1280. The topological polar surface area (TPSA) is 84.9 Å². The van der Waals surface area contributed by atoms with Crippen LogP contribution in [0.3, 0.4) is 0 Å². The van der Waals surface area contributed by atoms with Crippen molar-refractivity contribution < 1.29 is 23.9 Å². The standard InChI is InChI=1S/C27H23IN2O5S/c1-2-34-22-13-9-21(10-14-22)29-25(31)16-30-26(32)24(36-27(30)33)15-18-5-11-23(12-6-18)35-17-19-3-7-20(28)8-4-19/h3-15H,2,16-17H2,1H3,(H,29,31)/b24-15+. The van der Waals surface area contributed by atoms with Crippen molar-refractivity contribution in [2.45, 2.75) is 13.5 Å². The van der Waals surface area contributed by atoms with E-state index >= 15 is 0 Å². The quantitative estimate of drug-likeness (QED) is 0.237. The van der Waals surface area contributed by atoms with Crippen LogP contribution in [0.25, 0.3) is 6.08 Å². The van der Waals surface area contributed by atoms with E-state index in [1.54, 1.807) is 30.3 Å². The van der Waals surface area contributed by atoms with Gasteiger partial charge < -0.3 is 14.8 Å². The molecule has 0 spiro atoms. The molecule has 0 unspecified atom stereocenters. The van der Waals surface area contributed by atoms with E-state index in [4.69, 9.17) is 9.47 Å². The Labute approximate surface area is 227 Å². The van der Waals surface area contributed by atoms with Gasteiger partial charge in [0.1, 0.15) is 24.7 Å². The fourth-order valence-electron chi connectivity index (χ4n) is 3.34. The number of carbonyl (C=O) groups is 3. The molecule has 7 nitrogen and oxygen atoms in total. The molecule has 3 amide bonds. The summed E-state index contributed by atoms with van der Waals surface area (Å²) in [6, 6.07) is 22.2. The third-order valence-electron chi connectivity index (χ3n) is 5.12. The maximum Gasteiger partial charge on any atom is 0.294 e. The molecule has 1 aliphatic heterocycles. The van der Waals surface area contributed by atoms with Crippen LogP contribution < -0.4 is 14.8 Å². The van der Waals surface area contributed by atoms with E-state index in [9.17, 15) is 14.4 Å². The number of imide groups is 1. The van der Waals surface area contributed by atoms with E-state index in [-0.39, 0.29) is 11.4 Å². The Hall–Kier alpha value is -3.31. The van der Waals surface area contributed by atoms with Crippen LogP contribution in [0.1, 0.15) is 18.1 Å². The minimum Gasteiger partial charge on any atom is -0.494 e. The van der Waals surface area contributed by atoms with Gasteiger partial charge in [-0.05, 0) is 107 Å². The normalized spacial score (nSPS) is 14.3. The molecule has 0 radical (unpaired) electrons. The zero-order valence-electron chi connectivity index (χ0n) is 19.4. The number of rotatable bonds is 9. The van der Waals surface area contributed by atoms with Gasteiger partial charge in [-0.25, -0.2) is 0 Å². The van der Waals surface area contributed by atoms with E-state index in [0.717, 1.165) is 27.8 Å². The molecule has 1 heterocycles. The minimum atomic E-state index is -0.495. The fourth-order valence-corrected chi connectivity index (χ4v) is 4.54. The first-order chi connectivity index (χ1) is 17.4. The molecule has 0 aromatic heterocycles. The molecule has 1 N–H and O–H groups in total. The lowest BCUT2D eigenvalue weighted by Gasteiger charge is -2.12. The summed E-state index contributed by atoms with van der Waals surface area (Å²) in [5.74, 6) is 0.435. The highest BCUT2D eigenvalue weighted by Gasteiger charge is 2.36. The summed E-state index contributed by atoms with van der Waals surface area (Å²) in [4.78, 5) is 38.8. The number of anilines is 1. The maximum atomic E-state index is 12.8. The van der Waals surface area contributed by atoms with Crippen molar-refractivity contribution in [2.24, 2.45) is 0 Å². The molecule has 9 heteroatoms. The highest BCUT2D eigenvalue weighted by Crippen LogP contribution is 2.32. The summed E-state index contributed by atoms with van der Waals surface area (Å²) in [5.41, 5.74) is 2.37. The van der Waals surface area contributed by atoms with Gasteiger partial charge in [-0.2, -0.15) is 0 Å². The van der Waals surface area contributed by atoms with Crippen LogP contribution in [-0.4, -0.2) is 35.1 Å². The monoisotopic (exact) mass is 614 g/mol. The molecule has 0 bridgehead atoms. The summed E-state index contributed by atoms with van der Waals surface area (Å²) in [5, 5.41) is 2.21. The zero-order chi connectivity index (χ0) is 25.5. The Balaban J connectivity index is 1.33. The number of nitrogens with zero attached hydrogens (tertiary/aromatic N) is 1. The number of amides is 3. The molecule has 1 fully saturated rings. The first kappa shape index (κ1) is 25.8. The second kappa shape index (κ2) is 12.1.